The van der Waals surface area contributed by atoms with Crippen LogP contribution in [0.3, 0.4) is 0 Å². The van der Waals surface area contributed by atoms with Gasteiger partial charge in [-0.05, 0) is 44.4 Å². The van der Waals surface area contributed by atoms with Crippen LogP contribution in [0.4, 0.5) is 0 Å². The van der Waals surface area contributed by atoms with Crippen LogP contribution in [0.1, 0.15) is 62.6 Å². The monoisotopic (exact) mass is 333 g/mol. The molecule has 4 rings (SSSR count). The maximum Gasteiger partial charge on any atom is 0.226 e. The van der Waals surface area contributed by atoms with Crippen LogP contribution in [-0.2, 0) is 16.0 Å². The molecule has 24 heavy (non-hydrogen) atoms. The molecular weight excluding hydrogens is 306 g/mol. The van der Waals surface area contributed by atoms with Crippen molar-refractivity contribution in [1.29, 1.82) is 0 Å². The largest absolute Gasteiger partial charge is 0.381 e. The molecule has 3 heterocycles. The first-order valence-electron chi connectivity index (χ1n) is 9.48. The number of nitrogens with zero attached hydrogens (tertiary/aromatic N) is 3. The van der Waals surface area contributed by atoms with Crippen molar-refractivity contribution in [3.8, 4) is 0 Å². The molecule has 3 aliphatic rings. The Morgan fingerprint density at radius 1 is 1.08 bits per heavy atom. The Morgan fingerprint density at radius 2 is 1.83 bits per heavy atom. The highest BCUT2D eigenvalue weighted by Gasteiger charge is 2.32. The van der Waals surface area contributed by atoms with Gasteiger partial charge in [-0.15, -0.1) is 0 Å². The standard InChI is InChI=1S/C18H27N3O3/c22-18(15-2-1-3-15)21-8-4-13(5-9-21)12-16-19-17(20-24-16)14-6-10-23-11-7-14/h13-15H,1-12H2. The van der Waals surface area contributed by atoms with Crippen LogP contribution >= 0.6 is 0 Å². The van der Waals surface area contributed by atoms with Gasteiger partial charge in [0.2, 0.25) is 11.8 Å². The quantitative estimate of drug-likeness (QED) is 0.847. The minimum atomic E-state index is 0.319. The number of hydrogen-bond donors (Lipinski definition) is 0. The highest BCUT2D eigenvalue weighted by atomic mass is 16.5. The topological polar surface area (TPSA) is 68.5 Å². The van der Waals surface area contributed by atoms with Gasteiger partial charge in [-0.2, -0.15) is 4.98 Å². The summed E-state index contributed by atoms with van der Waals surface area (Å²) in [6, 6.07) is 0. The maximum atomic E-state index is 12.3. The van der Waals surface area contributed by atoms with E-state index in [1.165, 1.54) is 6.42 Å². The van der Waals surface area contributed by atoms with Gasteiger partial charge in [0.25, 0.3) is 0 Å². The third kappa shape index (κ3) is 3.48. The van der Waals surface area contributed by atoms with Crippen LogP contribution in [0.25, 0.3) is 0 Å². The molecular formula is C18H27N3O3. The van der Waals surface area contributed by atoms with E-state index in [1.807, 2.05) is 0 Å². The number of carbonyl (C=O) groups excluding carboxylic acids is 1. The highest BCUT2D eigenvalue weighted by Crippen LogP contribution is 2.31. The van der Waals surface area contributed by atoms with Crippen LogP contribution < -0.4 is 0 Å². The van der Waals surface area contributed by atoms with Crippen molar-refractivity contribution in [2.24, 2.45) is 11.8 Å². The van der Waals surface area contributed by atoms with Crippen LogP contribution in [0.5, 0.6) is 0 Å². The molecule has 2 saturated heterocycles. The molecule has 6 nitrogen and oxygen atoms in total. The van der Waals surface area contributed by atoms with Gasteiger partial charge in [0.1, 0.15) is 0 Å². The molecule has 6 heteroatoms. The zero-order valence-electron chi connectivity index (χ0n) is 14.3. The summed E-state index contributed by atoms with van der Waals surface area (Å²) in [6.45, 7) is 3.37. The van der Waals surface area contributed by atoms with Gasteiger partial charge < -0.3 is 14.2 Å². The molecule has 1 amide bonds. The van der Waals surface area contributed by atoms with Gasteiger partial charge in [0, 0.05) is 44.6 Å². The number of carbonyl (C=O) groups is 1. The van der Waals surface area contributed by atoms with Gasteiger partial charge >= 0.3 is 0 Å². The first-order valence-corrected chi connectivity index (χ1v) is 9.48. The summed E-state index contributed by atoms with van der Waals surface area (Å²) in [5, 5.41) is 4.18. The number of amides is 1. The Labute approximate surface area is 142 Å². The smallest absolute Gasteiger partial charge is 0.226 e. The van der Waals surface area contributed by atoms with E-state index in [4.69, 9.17) is 9.26 Å². The van der Waals surface area contributed by atoms with Gasteiger partial charge in [-0.1, -0.05) is 11.6 Å². The Hall–Kier alpha value is -1.43. The van der Waals surface area contributed by atoms with Crippen LogP contribution in [0, 0.1) is 11.8 Å². The molecule has 2 aliphatic heterocycles. The Kier molecular flexibility index (Phi) is 4.83. The third-order valence-corrected chi connectivity index (χ3v) is 5.91. The second kappa shape index (κ2) is 7.21. The summed E-state index contributed by atoms with van der Waals surface area (Å²) in [5.74, 6) is 3.27. The molecule has 0 radical (unpaired) electrons. The average Bonchev–Trinajstić information content (AvgIpc) is 3.03. The second-order valence-electron chi connectivity index (χ2n) is 7.53. The van der Waals surface area contributed by atoms with Crippen molar-refractivity contribution < 1.29 is 14.1 Å². The number of aromatic nitrogens is 2. The molecule has 1 saturated carbocycles. The van der Waals surface area contributed by atoms with Gasteiger partial charge in [0.05, 0.1) is 0 Å². The van der Waals surface area contributed by atoms with Gasteiger partial charge in [-0.25, -0.2) is 0 Å². The molecule has 0 bridgehead atoms. The maximum absolute atomic E-state index is 12.3. The lowest BCUT2D eigenvalue weighted by Crippen LogP contribution is -2.43. The van der Waals surface area contributed by atoms with E-state index in [0.717, 1.165) is 83.0 Å². The number of hydrogen-bond acceptors (Lipinski definition) is 5. The zero-order valence-corrected chi connectivity index (χ0v) is 14.3. The zero-order chi connectivity index (χ0) is 16.4. The molecule has 1 aromatic heterocycles. The molecule has 0 spiro atoms. The fourth-order valence-electron chi connectivity index (χ4n) is 3.99. The average molecular weight is 333 g/mol. The predicted octanol–water partition coefficient (Wildman–Crippen LogP) is 2.54. The molecule has 0 atom stereocenters. The third-order valence-electron chi connectivity index (χ3n) is 5.91. The van der Waals surface area contributed by atoms with Gasteiger partial charge in [-0.3, -0.25) is 4.79 Å². The number of ether oxygens (including phenoxy) is 1. The summed E-state index contributed by atoms with van der Waals surface area (Å²) in [6.07, 6.45) is 8.33. The van der Waals surface area contributed by atoms with Crippen LogP contribution in [0.15, 0.2) is 4.52 Å². The Bertz CT molecular complexity index is 556. The molecule has 132 valence electrons. The summed E-state index contributed by atoms with van der Waals surface area (Å²) >= 11 is 0. The lowest BCUT2D eigenvalue weighted by molar-refractivity contribution is -0.139. The van der Waals surface area contributed by atoms with E-state index in [2.05, 4.69) is 15.0 Å². The van der Waals surface area contributed by atoms with Crippen LogP contribution in [-0.4, -0.2) is 47.3 Å². The summed E-state index contributed by atoms with van der Waals surface area (Å²) in [7, 11) is 0. The molecule has 1 aliphatic carbocycles. The van der Waals surface area contributed by atoms with Crippen molar-refractivity contribution in [3.63, 3.8) is 0 Å². The summed E-state index contributed by atoms with van der Waals surface area (Å²) < 4.78 is 10.9. The highest BCUT2D eigenvalue weighted by molar-refractivity contribution is 5.79. The SMILES string of the molecule is O=C(C1CCC1)N1CCC(Cc2nc(C3CCOCC3)no2)CC1. The van der Waals surface area contributed by atoms with Crippen molar-refractivity contribution in [2.75, 3.05) is 26.3 Å². The fraction of sp³-hybridized carbons (Fsp3) is 0.833. The second-order valence-corrected chi connectivity index (χ2v) is 7.53. The molecule has 3 fully saturated rings. The van der Waals surface area contributed by atoms with E-state index in [9.17, 15) is 4.79 Å². The van der Waals surface area contributed by atoms with Crippen molar-refractivity contribution in [3.05, 3.63) is 11.7 Å². The van der Waals surface area contributed by atoms with E-state index >= 15 is 0 Å². The Balaban J connectivity index is 1.26. The van der Waals surface area contributed by atoms with Crippen LogP contribution in [0.2, 0.25) is 0 Å². The van der Waals surface area contributed by atoms with E-state index in [-0.39, 0.29) is 0 Å². The lowest BCUT2D eigenvalue weighted by Gasteiger charge is -2.36. The summed E-state index contributed by atoms with van der Waals surface area (Å²) in [4.78, 5) is 19.0. The first kappa shape index (κ1) is 16.1. The predicted molar refractivity (Wildman–Crippen MR) is 87.4 cm³/mol. The van der Waals surface area contributed by atoms with Crippen molar-refractivity contribution >= 4 is 5.91 Å². The first-order chi connectivity index (χ1) is 11.8. The van der Waals surface area contributed by atoms with E-state index < -0.39 is 0 Å². The lowest BCUT2D eigenvalue weighted by atomic mass is 9.83. The number of likely N-dealkylation sites (tertiary alicyclic amines) is 1. The van der Waals surface area contributed by atoms with Crippen molar-refractivity contribution in [2.45, 2.75) is 57.3 Å². The fourth-order valence-corrected chi connectivity index (χ4v) is 3.99. The van der Waals surface area contributed by atoms with E-state index in [0.29, 0.717) is 23.7 Å². The van der Waals surface area contributed by atoms with Crippen molar-refractivity contribution in [1.82, 2.24) is 15.0 Å². The minimum absolute atomic E-state index is 0.319. The molecule has 0 aromatic carbocycles. The normalized spacial score (nSPS) is 24.1. The minimum Gasteiger partial charge on any atom is -0.381 e. The Morgan fingerprint density at radius 3 is 2.50 bits per heavy atom. The summed E-state index contributed by atoms with van der Waals surface area (Å²) in [5.41, 5.74) is 0. The number of rotatable bonds is 4. The van der Waals surface area contributed by atoms with E-state index in [1.54, 1.807) is 0 Å². The molecule has 1 aromatic rings. The van der Waals surface area contributed by atoms with Gasteiger partial charge in [0.15, 0.2) is 5.82 Å². The molecule has 0 N–H and O–H groups in total. The molecule has 0 unspecified atom stereocenters. The number of piperidine rings is 1.